The summed E-state index contributed by atoms with van der Waals surface area (Å²) in [7, 11) is 0. The first-order valence-electron chi connectivity index (χ1n) is 10.2. The Balaban J connectivity index is 1.69. The van der Waals surface area contributed by atoms with Gasteiger partial charge in [0, 0.05) is 6.42 Å². The third kappa shape index (κ3) is 1.95. The van der Waals surface area contributed by atoms with Gasteiger partial charge in [-0.25, -0.2) is 0 Å². The zero-order valence-corrected chi connectivity index (χ0v) is 15.9. The van der Waals surface area contributed by atoms with E-state index in [1.807, 2.05) is 6.08 Å². The number of aliphatic hydroxyl groups is 1. The number of hydrogen-bond acceptors (Lipinski definition) is 2. The number of carbonyl (C=O) groups is 1. The molecule has 24 heavy (non-hydrogen) atoms. The second-order valence-electron chi connectivity index (χ2n) is 10.0. The normalized spacial score (nSPS) is 51.0. The van der Waals surface area contributed by atoms with E-state index in [-0.39, 0.29) is 10.8 Å². The van der Waals surface area contributed by atoms with E-state index in [9.17, 15) is 9.90 Å². The fourth-order valence-electron chi connectivity index (χ4n) is 7.56. The molecule has 3 saturated carbocycles. The molecule has 0 heterocycles. The van der Waals surface area contributed by atoms with Gasteiger partial charge in [0.15, 0.2) is 5.78 Å². The first kappa shape index (κ1) is 16.8. The van der Waals surface area contributed by atoms with Gasteiger partial charge in [-0.1, -0.05) is 33.3 Å². The van der Waals surface area contributed by atoms with E-state index in [1.165, 1.54) is 24.8 Å². The van der Waals surface area contributed by atoms with Crippen molar-refractivity contribution in [3.05, 3.63) is 11.6 Å². The summed E-state index contributed by atoms with van der Waals surface area (Å²) in [6.07, 6.45) is 10.7. The number of allylic oxidation sites excluding steroid dienone is 1. The van der Waals surface area contributed by atoms with Crippen LogP contribution in [0.25, 0.3) is 0 Å². The van der Waals surface area contributed by atoms with E-state index in [2.05, 4.69) is 27.7 Å². The van der Waals surface area contributed by atoms with Crippen LogP contribution in [0, 0.1) is 34.5 Å². The Bertz CT molecular complexity index is 591. The molecule has 0 aromatic heterocycles. The fourth-order valence-corrected chi connectivity index (χ4v) is 7.56. The minimum atomic E-state index is -0.484. The zero-order chi connectivity index (χ0) is 17.3. The van der Waals surface area contributed by atoms with Gasteiger partial charge >= 0.3 is 0 Å². The van der Waals surface area contributed by atoms with Gasteiger partial charge in [-0.2, -0.15) is 0 Å². The smallest absolute Gasteiger partial charge is 0.155 e. The van der Waals surface area contributed by atoms with Crippen molar-refractivity contribution in [2.75, 3.05) is 0 Å². The van der Waals surface area contributed by atoms with Gasteiger partial charge in [-0.05, 0) is 85.5 Å². The van der Waals surface area contributed by atoms with Gasteiger partial charge in [-0.15, -0.1) is 0 Å². The molecule has 2 heteroatoms. The second-order valence-corrected chi connectivity index (χ2v) is 10.0. The Hall–Kier alpha value is -0.630. The Morgan fingerprint density at radius 3 is 2.46 bits per heavy atom. The molecule has 6 atom stereocenters. The average Bonchev–Trinajstić information content (AvgIpc) is 2.81. The lowest BCUT2D eigenvalue weighted by Crippen LogP contribution is -2.56. The van der Waals surface area contributed by atoms with Crippen molar-refractivity contribution in [3.8, 4) is 0 Å². The summed E-state index contributed by atoms with van der Waals surface area (Å²) in [6, 6.07) is 0. The van der Waals surface area contributed by atoms with Crippen LogP contribution in [0.1, 0.15) is 79.1 Å². The first-order chi connectivity index (χ1) is 11.2. The van der Waals surface area contributed by atoms with E-state index in [0.717, 1.165) is 43.9 Å². The molecular weight excluding hydrogens is 296 g/mol. The van der Waals surface area contributed by atoms with Crippen LogP contribution in [0.4, 0.5) is 0 Å². The number of rotatable bonds is 1. The van der Waals surface area contributed by atoms with Gasteiger partial charge in [0.1, 0.15) is 0 Å². The summed E-state index contributed by atoms with van der Waals surface area (Å²) in [6.45, 7) is 9.23. The molecule has 0 radical (unpaired) electrons. The predicted octanol–water partition coefficient (Wildman–Crippen LogP) is 4.91. The number of ketones is 1. The highest BCUT2D eigenvalue weighted by Crippen LogP contribution is 2.68. The monoisotopic (exact) mass is 330 g/mol. The summed E-state index contributed by atoms with van der Waals surface area (Å²) in [5.74, 6) is 2.81. The highest BCUT2D eigenvalue weighted by Gasteiger charge is 2.64. The zero-order valence-electron chi connectivity index (χ0n) is 15.9. The third-order valence-electron chi connectivity index (χ3n) is 9.13. The lowest BCUT2D eigenvalue weighted by molar-refractivity contribution is -0.148. The molecule has 4 rings (SSSR count). The third-order valence-corrected chi connectivity index (χ3v) is 9.13. The molecule has 134 valence electrons. The van der Waals surface area contributed by atoms with E-state index in [1.54, 1.807) is 0 Å². The van der Waals surface area contributed by atoms with Gasteiger partial charge in [0.2, 0.25) is 0 Å². The highest BCUT2D eigenvalue weighted by atomic mass is 16.3. The largest absolute Gasteiger partial charge is 0.389 e. The molecule has 1 unspecified atom stereocenters. The van der Waals surface area contributed by atoms with E-state index in [4.69, 9.17) is 0 Å². The Kier molecular flexibility index (Phi) is 3.64. The molecular formula is C22H34O2. The molecule has 0 aliphatic heterocycles. The van der Waals surface area contributed by atoms with Crippen molar-refractivity contribution in [2.45, 2.75) is 84.7 Å². The number of carbonyl (C=O) groups excluding carboxylic acids is 1. The summed E-state index contributed by atoms with van der Waals surface area (Å²) in [4.78, 5) is 11.9. The summed E-state index contributed by atoms with van der Waals surface area (Å²) >= 11 is 0. The van der Waals surface area contributed by atoms with Gasteiger partial charge in [0.25, 0.3) is 0 Å². The van der Waals surface area contributed by atoms with Crippen molar-refractivity contribution in [2.24, 2.45) is 34.5 Å². The highest BCUT2D eigenvalue weighted by molar-refractivity contribution is 5.91. The van der Waals surface area contributed by atoms with Gasteiger partial charge < -0.3 is 5.11 Å². The Labute approximate surface area is 147 Å². The molecule has 0 aromatic carbocycles. The first-order valence-corrected chi connectivity index (χ1v) is 10.2. The van der Waals surface area contributed by atoms with Crippen molar-refractivity contribution in [1.29, 1.82) is 0 Å². The molecule has 4 aliphatic rings. The minimum Gasteiger partial charge on any atom is -0.389 e. The average molecular weight is 331 g/mol. The minimum absolute atomic E-state index is 0.0877. The van der Waals surface area contributed by atoms with Crippen LogP contribution in [0.15, 0.2) is 11.6 Å². The van der Waals surface area contributed by atoms with Crippen molar-refractivity contribution in [3.63, 3.8) is 0 Å². The quantitative estimate of drug-likeness (QED) is 0.742. The maximum atomic E-state index is 11.9. The second kappa shape index (κ2) is 5.19. The van der Waals surface area contributed by atoms with Crippen LogP contribution in [0.2, 0.25) is 0 Å². The standard InChI is InChI=1S/C22H34O2/c1-14(2)22(24)12-9-19-17-6-5-15-13-16(23)7-10-20(15,3)18(17)8-11-21(19,22)4/h13-14,17-19,24H,5-12H2,1-4H3/t17-,18+,19?,20+,21+,22+/m1/s1. The number of hydrogen-bond donors (Lipinski definition) is 1. The van der Waals surface area contributed by atoms with Crippen LogP contribution in [0.5, 0.6) is 0 Å². The molecule has 0 amide bonds. The molecule has 3 fully saturated rings. The van der Waals surface area contributed by atoms with Gasteiger partial charge in [0.05, 0.1) is 5.60 Å². The summed E-state index contributed by atoms with van der Waals surface area (Å²) in [5.41, 5.74) is 1.30. The molecule has 0 bridgehead atoms. The fraction of sp³-hybridized carbons (Fsp3) is 0.864. The summed E-state index contributed by atoms with van der Waals surface area (Å²) in [5, 5.41) is 11.5. The lowest BCUT2D eigenvalue weighted by Gasteiger charge is -2.59. The SMILES string of the molecule is CC(C)[C@@]1(O)CCC2[C@@H]3CCC4=CC(=O)CC[C@]4(C)[C@H]3CC[C@@]21C. The lowest BCUT2D eigenvalue weighted by atomic mass is 9.46. The van der Waals surface area contributed by atoms with E-state index < -0.39 is 5.60 Å². The van der Waals surface area contributed by atoms with E-state index >= 15 is 0 Å². The maximum absolute atomic E-state index is 11.9. The van der Waals surface area contributed by atoms with Crippen LogP contribution in [0.3, 0.4) is 0 Å². The van der Waals surface area contributed by atoms with Crippen LogP contribution < -0.4 is 0 Å². The van der Waals surface area contributed by atoms with Crippen LogP contribution >= 0.6 is 0 Å². The Morgan fingerprint density at radius 1 is 1.04 bits per heavy atom. The molecule has 2 nitrogen and oxygen atoms in total. The van der Waals surface area contributed by atoms with Crippen molar-refractivity contribution in [1.82, 2.24) is 0 Å². The topological polar surface area (TPSA) is 37.3 Å². The molecule has 4 aliphatic carbocycles. The Morgan fingerprint density at radius 2 is 1.75 bits per heavy atom. The predicted molar refractivity (Wildman–Crippen MR) is 96.5 cm³/mol. The molecule has 1 N–H and O–H groups in total. The number of fused-ring (bicyclic) bond motifs is 5. The van der Waals surface area contributed by atoms with Crippen LogP contribution in [-0.4, -0.2) is 16.5 Å². The molecule has 0 aromatic rings. The van der Waals surface area contributed by atoms with Crippen molar-refractivity contribution >= 4 is 5.78 Å². The molecule has 0 spiro atoms. The molecule has 0 saturated heterocycles. The summed E-state index contributed by atoms with van der Waals surface area (Å²) < 4.78 is 0. The maximum Gasteiger partial charge on any atom is 0.155 e. The van der Waals surface area contributed by atoms with Crippen LogP contribution in [-0.2, 0) is 4.79 Å². The van der Waals surface area contributed by atoms with E-state index in [0.29, 0.717) is 17.6 Å². The van der Waals surface area contributed by atoms with Crippen molar-refractivity contribution < 1.29 is 9.90 Å². The van der Waals surface area contributed by atoms with Gasteiger partial charge in [-0.3, -0.25) is 4.79 Å².